The molecule has 2 amide bonds. The fourth-order valence-corrected chi connectivity index (χ4v) is 3.22. The van der Waals surface area contributed by atoms with Crippen LogP contribution < -0.4 is 5.32 Å². The Bertz CT molecular complexity index is 742. The first-order valence-electron chi connectivity index (χ1n) is 8.20. The molecule has 1 aromatic rings. The lowest BCUT2D eigenvalue weighted by atomic mass is 9.86. The Morgan fingerprint density at radius 2 is 2.09 bits per heavy atom. The van der Waals surface area contributed by atoms with Gasteiger partial charge in [-0.05, 0) is 32.1 Å². The largest absolute Gasteiger partial charge is 0.311 e. The Balaban J connectivity index is 1.72. The van der Waals surface area contributed by atoms with Crippen molar-refractivity contribution < 1.29 is 9.59 Å². The van der Waals surface area contributed by atoms with E-state index >= 15 is 0 Å². The smallest absolute Gasteiger partial charge is 0.257 e. The second-order valence-corrected chi connectivity index (χ2v) is 6.47. The molecule has 3 aliphatic rings. The molecule has 23 heavy (non-hydrogen) atoms. The molecule has 2 aliphatic carbocycles. The molecule has 2 fully saturated rings. The number of aliphatic imine (C=N–C) groups is 2. The van der Waals surface area contributed by atoms with Crippen LogP contribution in [0.1, 0.15) is 57.1 Å². The number of carbonyl (C=O) groups excluding carboxylic acids is 2. The van der Waals surface area contributed by atoms with Gasteiger partial charge in [-0.25, -0.2) is 4.99 Å². The van der Waals surface area contributed by atoms with Crippen molar-refractivity contribution in [1.82, 2.24) is 9.78 Å². The van der Waals surface area contributed by atoms with Crippen LogP contribution in [-0.2, 0) is 9.59 Å². The molecule has 0 saturated heterocycles. The van der Waals surface area contributed by atoms with Gasteiger partial charge in [0.2, 0.25) is 5.91 Å². The van der Waals surface area contributed by atoms with Crippen molar-refractivity contribution in [2.75, 3.05) is 5.32 Å². The normalized spacial score (nSPS) is 23.9. The third-order valence-electron chi connectivity index (χ3n) is 4.55. The predicted octanol–water partition coefficient (Wildman–Crippen LogP) is 2.09. The zero-order chi connectivity index (χ0) is 16.0. The first-order valence-corrected chi connectivity index (χ1v) is 8.20. The maximum atomic E-state index is 12.3. The van der Waals surface area contributed by atoms with Crippen LogP contribution in [0, 0.1) is 5.92 Å². The minimum atomic E-state index is -0.181. The molecule has 2 saturated carbocycles. The molecule has 7 heteroatoms. The molecule has 0 bridgehead atoms. The van der Waals surface area contributed by atoms with Gasteiger partial charge in [-0.3, -0.25) is 9.59 Å². The number of hydrogen-bond acceptors (Lipinski definition) is 4. The SMILES string of the molecule is CC(=O)Nc1cc(C2CC2)nn1C1=NC(=O)C2CCCCC2=N1. The minimum Gasteiger partial charge on any atom is -0.311 e. The average Bonchev–Trinajstić information content (AvgIpc) is 3.28. The molecule has 1 aromatic heterocycles. The van der Waals surface area contributed by atoms with Gasteiger partial charge in [0.1, 0.15) is 5.82 Å². The molecule has 0 aromatic carbocycles. The summed E-state index contributed by atoms with van der Waals surface area (Å²) >= 11 is 0. The molecule has 0 spiro atoms. The predicted molar refractivity (Wildman–Crippen MR) is 85.7 cm³/mol. The molecule has 1 atom stereocenters. The van der Waals surface area contributed by atoms with Crippen LogP contribution in [0.15, 0.2) is 16.1 Å². The number of rotatable bonds is 2. The second kappa shape index (κ2) is 5.40. The first kappa shape index (κ1) is 14.3. The number of amides is 2. The van der Waals surface area contributed by atoms with E-state index < -0.39 is 0 Å². The summed E-state index contributed by atoms with van der Waals surface area (Å²) in [6.07, 6.45) is 5.99. The Labute approximate surface area is 133 Å². The van der Waals surface area contributed by atoms with Crippen molar-refractivity contribution in [3.8, 4) is 0 Å². The molecular formula is C16H19N5O2. The lowest BCUT2D eigenvalue weighted by Crippen LogP contribution is -2.33. The highest BCUT2D eigenvalue weighted by molar-refractivity contribution is 6.16. The van der Waals surface area contributed by atoms with Crippen molar-refractivity contribution in [1.29, 1.82) is 0 Å². The fourth-order valence-electron chi connectivity index (χ4n) is 3.22. The number of carbonyl (C=O) groups is 2. The molecule has 0 radical (unpaired) electrons. The third-order valence-corrected chi connectivity index (χ3v) is 4.55. The Morgan fingerprint density at radius 3 is 2.83 bits per heavy atom. The van der Waals surface area contributed by atoms with Crippen molar-refractivity contribution in [3.05, 3.63) is 11.8 Å². The van der Waals surface area contributed by atoms with Gasteiger partial charge in [0.25, 0.3) is 11.9 Å². The molecule has 2 heterocycles. The van der Waals surface area contributed by atoms with E-state index in [-0.39, 0.29) is 23.7 Å². The van der Waals surface area contributed by atoms with Crippen LogP contribution in [-0.4, -0.2) is 33.3 Å². The Hall–Kier alpha value is -2.31. The molecule has 4 rings (SSSR count). The van der Waals surface area contributed by atoms with Gasteiger partial charge in [0, 0.05) is 24.6 Å². The lowest BCUT2D eigenvalue weighted by molar-refractivity contribution is -0.120. The van der Waals surface area contributed by atoms with Gasteiger partial charge in [-0.2, -0.15) is 14.8 Å². The Morgan fingerprint density at radius 1 is 1.26 bits per heavy atom. The topological polar surface area (TPSA) is 88.7 Å². The molecule has 1 unspecified atom stereocenters. The third kappa shape index (κ3) is 2.71. The van der Waals surface area contributed by atoms with E-state index in [9.17, 15) is 9.59 Å². The monoisotopic (exact) mass is 313 g/mol. The highest BCUT2D eigenvalue weighted by atomic mass is 16.2. The van der Waals surface area contributed by atoms with Crippen LogP contribution in [0.2, 0.25) is 0 Å². The summed E-state index contributed by atoms with van der Waals surface area (Å²) in [6.45, 7) is 1.45. The van der Waals surface area contributed by atoms with E-state index in [1.165, 1.54) is 11.6 Å². The number of hydrogen-bond donors (Lipinski definition) is 1. The lowest BCUT2D eigenvalue weighted by Gasteiger charge is -2.24. The van der Waals surface area contributed by atoms with E-state index in [0.717, 1.165) is 49.9 Å². The standard InChI is InChI=1S/C16H19N5O2/c1-9(22)17-14-8-13(10-6-7-10)20-21(14)16-18-12-5-3-2-4-11(12)15(23)19-16/h8,10-11H,2-7H2,1H3,(H,17,22). The number of anilines is 1. The van der Waals surface area contributed by atoms with Crippen LogP contribution >= 0.6 is 0 Å². The van der Waals surface area contributed by atoms with Crippen molar-refractivity contribution in [3.63, 3.8) is 0 Å². The van der Waals surface area contributed by atoms with E-state index in [0.29, 0.717) is 11.7 Å². The van der Waals surface area contributed by atoms with E-state index in [1.807, 2.05) is 6.07 Å². The van der Waals surface area contributed by atoms with E-state index in [4.69, 9.17) is 0 Å². The second-order valence-electron chi connectivity index (χ2n) is 6.47. The van der Waals surface area contributed by atoms with Crippen molar-refractivity contribution in [2.24, 2.45) is 15.9 Å². The summed E-state index contributed by atoms with van der Waals surface area (Å²) in [4.78, 5) is 32.5. The fraction of sp³-hybridized carbons (Fsp3) is 0.562. The van der Waals surface area contributed by atoms with Crippen LogP contribution in [0.25, 0.3) is 0 Å². The summed E-state index contributed by atoms with van der Waals surface area (Å²) in [7, 11) is 0. The van der Waals surface area contributed by atoms with Gasteiger partial charge in [-0.15, -0.1) is 0 Å². The average molecular weight is 313 g/mol. The number of aromatic nitrogens is 2. The highest BCUT2D eigenvalue weighted by Gasteiger charge is 2.33. The highest BCUT2D eigenvalue weighted by Crippen LogP contribution is 2.40. The number of nitrogens with one attached hydrogen (secondary N) is 1. The molecule has 1 aliphatic heterocycles. The zero-order valence-corrected chi connectivity index (χ0v) is 13.1. The summed E-state index contributed by atoms with van der Waals surface area (Å²) in [5.41, 5.74) is 1.83. The zero-order valence-electron chi connectivity index (χ0n) is 13.1. The van der Waals surface area contributed by atoms with Gasteiger partial charge in [-0.1, -0.05) is 6.42 Å². The molecule has 7 nitrogen and oxygen atoms in total. The minimum absolute atomic E-state index is 0.137. The van der Waals surface area contributed by atoms with Gasteiger partial charge in [0.05, 0.1) is 11.6 Å². The summed E-state index contributed by atoms with van der Waals surface area (Å²) in [6, 6.07) is 1.86. The summed E-state index contributed by atoms with van der Waals surface area (Å²) in [5.74, 6) is 0.777. The molecule has 120 valence electrons. The first-order chi connectivity index (χ1) is 11.1. The van der Waals surface area contributed by atoms with Crippen LogP contribution in [0.3, 0.4) is 0 Å². The molecular weight excluding hydrogens is 294 g/mol. The molecule has 1 N–H and O–H groups in total. The van der Waals surface area contributed by atoms with Gasteiger partial charge < -0.3 is 5.32 Å². The maximum Gasteiger partial charge on any atom is 0.257 e. The quantitative estimate of drug-likeness (QED) is 0.906. The van der Waals surface area contributed by atoms with E-state index in [2.05, 4.69) is 20.4 Å². The summed E-state index contributed by atoms with van der Waals surface area (Å²) in [5, 5.41) is 7.29. The van der Waals surface area contributed by atoms with Crippen LogP contribution in [0.4, 0.5) is 5.82 Å². The van der Waals surface area contributed by atoms with Gasteiger partial charge in [0.15, 0.2) is 0 Å². The maximum absolute atomic E-state index is 12.3. The Kier molecular flexibility index (Phi) is 3.36. The summed E-state index contributed by atoms with van der Waals surface area (Å²) < 4.78 is 1.50. The number of nitrogens with zero attached hydrogens (tertiary/aromatic N) is 4. The van der Waals surface area contributed by atoms with Crippen molar-refractivity contribution in [2.45, 2.75) is 51.4 Å². The van der Waals surface area contributed by atoms with Crippen LogP contribution in [0.5, 0.6) is 0 Å². The van der Waals surface area contributed by atoms with Crippen molar-refractivity contribution >= 4 is 29.3 Å². The van der Waals surface area contributed by atoms with E-state index in [1.54, 1.807) is 0 Å². The number of fused-ring (bicyclic) bond motifs is 1. The van der Waals surface area contributed by atoms with Gasteiger partial charge >= 0.3 is 0 Å².